The van der Waals surface area contributed by atoms with E-state index < -0.39 is 0 Å². The standard InChI is InChI=1S/C17H27N3/c1-19-10-12-20(13-11-19)14-15-2-4-16(5-3-15)17-6-8-18-9-7-17/h2-5,17-18H,6-14H2,1H3. The summed E-state index contributed by atoms with van der Waals surface area (Å²) in [7, 11) is 2.21. The molecule has 3 rings (SSSR count). The van der Waals surface area contributed by atoms with Gasteiger partial charge >= 0.3 is 0 Å². The maximum atomic E-state index is 3.44. The molecule has 2 fully saturated rings. The fourth-order valence-corrected chi connectivity index (χ4v) is 3.31. The number of piperidine rings is 1. The molecule has 0 aromatic heterocycles. The van der Waals surface area contributed by atoms with E-state index in [2.05, 4.69) is 46.4 Å². The van der Waals surface area contributed by atoms with Crippen molar-refractivity contribution in [1.29, 1.82) is 0 Å². The Morgan fingerprint density at radius 1 is 1.00 bits per heavy atom. The minimum absolute atomic E-state index is 0.772. The van der Waals surface area contributed by atoms with Gasteiger partial charge in [0.25, 0.3) is 0 Å². The molecule has 0 unspecified atom stereocenters. The van der Waals surface area contributed by atoms with Crippen LogP contribution in [0, 0.1) is 0 Å². The molecule has 0 radical (unpaired) electrons. The fourth-order valence-electron chi connectivity index (χ4n) is 3.31. The number of nitrogens with zero attached hydrogens (tertiary/aromatic N) is 2. The molecule has 0 amide bonds. The van der Waals surface area contributed by atoms with Gasteiger partial charge in [-0.2, -0.15) is 0 Å². The van der Waals surface area contributed by atoms with Crippen LogP contribution < -0.4 is 5.32 Å². The maximum Gasteiger partial charge on any atom is 0.0234 e. The molecule has 2 saturated heterocycles. The lowest BCUT2D eigenvalue weighted by Crippen LogP contribution is -2.43. The lowest BCUT2D eigenvalue weighted by Gasteiger charge is -2.32. The van der Waals surface area contributed by atoms with Crippen LogP contribution in [0.1, 0.15) is 29.9 Å². The molecular formula is C17H27N3. The van der Waals surface area contributed by atoms with E-state index in [-0.39, 0.29) is 0 Å². The van der Waals surface area contributed by atoms with E-state index >= 15 is 0 Å². The van der Waals surface area contributed by atoms with E-state index in [0.29, 0.717) is 0 Å². The number of hydrogen-bond donors (Lipinski definition) is 1. The van der Waals surface area contributed by atoms with Gasteiger partial charge in [0.05, 0.1) is 0 Å². The van der Waals surface area contributed by atoms with Crippen LogP contribution in [0.4, 0.5) is 0 Å². The molecule has 1 aromatic rings. The first-order chi connectivity index (χ1) is 9.81. The molecule has 2 heterocycles. The summed E-state index contributed by atoms with van der Waals surface area (Å²) in [5.74, 6) is 0.772. The molecule has 1 aromatic carbocycles. The Hall–Kier alpha value is -0.900. The zero-order valence-corrected chi connectivity index (χ0v) is 12.6. The highest BCUT2D eigenvalue weighted by Crippen LogP contribution is 2.25. The molecule has 1 N–H and O–H groups in total. The first-order valence-corrected chi connectivity index (χ1v) is 8.02. The highest BCUT2D eigenvalue weighted by Gasteiger charge is 2.16. The van der Waals surface area contributed by atoms with Gasteiger partial charge in [0, 0.05) is 32.7 Å². The van der Waals surface area contributed by atoms with Crippen molar-refractivity contribution in [1.82, 2.24) is 15.1 Å². The van der Waals surface area contributed by atoms with Crippen LogP contribution in [0.3, 0.4) is 0 Å². The van der Waals surface area contributed by atoms with Gasteiger partial charge in [-0.25, -0.2) is 0 Å². The number of rotatable bonds is 3. The van der Waals surface area contributed by atoms with Crippen molar-refractivity contribution in [3.63, 3.8) is 0 Å². The lowest BCUT2D eigenvalue weighted by molar-refractivity contribution is 0.148. The molecule has 0 aliphatic carbocycles. The van der Waals surface area contributed by atoms with E-state index in [1.807, 2.05) is 0 Å². The van der Waals surface area contributed by atoms with Crippen molar-refractivity contribution in [2.45, 2.75) is 25.3 Å². The number of hydrogen-bond acceptors (Lipinski definition) is 3. The highest BCUT2D eigenvalue weighted by atomic mass is 15.2. The number of benzene rings is 1. The van der Waals surface area contributed by atoms with Crippen molar-refractivity contribution >= 4 is 0 Å². The van der Waals surface area contributed by atoms with Gasteiger partial charge in [-0.05, 0) is 50.0 Å². The number of piperazine rings is 1. The summed E-state index contributed by atoms with van der Waals surface area (Å²) in [6.07, 6.45) is 2.58. The second-order valence-corrected chi connectivity index (χ2v) is 6.35. The van der Waals surface area contributed by atoms with E-state index in [0.717, 1.165) is 12.5 Å². The maximum absolute atomic E-state index is 3.44. The van der Waals surface area contributed by atoms with Crippen molar-refractivity contribution in [3.8, 4) is 0 Å². The molecule has 0 bridgehead atoms. The molecule has 0 atom stereocenters. The topological polar surface area (TPSA) is 18.5 Å². The Morgan fingerprint density at radius 2 is 1.65 bits per heavy atom. The molecule has 3 heteroatoms. The molecule has 110 valence electrons. The highest BCUT2D eigenvalue weighted by molar-refractivity contribution is 5.26. The molecular weight excluding hydrogens is 246 g/mol. The van der Waals surface area contributed by atoms with Gasteiger partial charge in [0.2, 0.25) is 0 Å². The summed E-state index contributed by atoms with van der Waals surface area (Å²) >= 11 is 0. The average molecular weight is 273 g/mol. The third-order valence-corrected chi connectivity index (χ3v) is 4.79. The molecule has 2 aliphatic heterocycles. The Bertz CT molecular complexity index is 401. The third-order valence-electron chi connectivity index (χ3n) is 4.79. The minimum atomic E-state index is 0.772. The first-order valence-electron chi connectivity index (χ1n) is 8.02. The van der Waals surface area contributed by atoms with Crippen molar-refractivity contribution in [2.24, 2.45) is 0 Å². The summed E-state index contributed by atoms with van der Waals surface area (Å²) < 4.78 is 0. The summed E-state index contributed by atoms with van der Waals surface area (Å²) in [5.41, 5.74) is 3.00. The summed E-state index contributed by atoms with van der Waals surface area (Å²) in [6, 6.07) is 9.41. The average Bonchev–Trinajstić information content (AvgIpc) is 2.51. The van der Waals surface area contributed by atoms with E-state index in [1.165, 1.54) is 63.2 Å². The lowest BCUT2D eigenvalue weighted by atomic mass is 9.90. The largest absolute Gasteiger partial charge is 0.317 e. The number of nitrogens with one attached hydrogen (secondary N) is 1. The molecule has 0 saturated carbocycles. The normalized spacial score (nSPS) is 23.1. The van der Waals surface area contributed by atoms with E-state index in [4.69, 9.17) is 0 Å². The van der Waals surface area contributed by atoms with Gasteiger partial charge in [-0.1, -0.05) is 24.3 Å². The van der Waals surface area contributed by atoms with Gasteiger partial charge in [0.15, 0.2) is 0 Å². The van der Waals surface area contributed by atoms with Crippen molar-refractivity contribution < 1.29 is 0 Å². The van der Waals surface area contributed by atoms with Crippen molar-refractivity contribution in [3.05, 3.63) is 35.4 Å². The zero-order valence-electron chi connectivity index (χ0n) is 12.6. The van der Waals surface area contributed by atoms with E-state index in [1.54, 1.807) is 0 Å². The Balaban J connectivity index is 1.55. The first kappa shape index (κ1) is 14.1. The van der Waals surface area contributed by atoms with Crippen LogP contribution in [0.25, 0.3) is 0 Å². The van der Waals surface area contributed by atoms with Gasteiger partial charge in [-0.3, -0.25) is 4.90 Å². The van der Waals surface area contributed by atoms with Crippen LogP contribution in [0.2, 0.25) is 0 Å². The Kier molecular flexibility index (Phi) is 4.71. The van der Waals surface area contributed by atoms with Crippen LogP contribution >= 0.6 is 0 Å². The van der Waals surface area contributed by atoms with Crippen LogP contribution in [-0.4, -0.2) is 56.1 Å². The Morgan fingerprint density at radius 3 is 2.30 bits per heavy atom. The Labute approximate surface area is 123 Å². The van der Waals surface area contributed by atoms with Crippen molar-refractivity contribution in [2.75, 3.05) is 46.3 Å². The number of likely N-dealkylation sites (N-methyl/N-ethyl adjacent to an activating group) is 1. The summed E-state index contributed by atoms with van der Waals surface area (Å²) in [5, 5.41) is 3.44. The second kappa shape index (κ2) is 6.70. The predicted octanol–water partition coefficient (Wildman–Crippen LogP) is 1.90. The zero-order chi connectivity index (χ0) is 13.8. The summed E-state index contributed by atoms with van der Waals surface area (Å²) in [4.78, 5) is 4.98. The molecule has 3 nitrogen and oxygen atoms in total. The second-order valence-electron chi connectivity index (χ2n) is 6.35. The summed E-state index contributed by atoms with van der Waals surface area (Å²) in [6.45, 7) is 8.27. The fraction of sp³-hybridized carbons (Fsp3) is 0.647. The molecule has 0 spiro atoms. The van der Waals surface area contributed by atoms with Gasteiger partial charge in [0.1, 0.15) is 0 Å². The quantitative estimate of drug-likeness (QED) is 0.907. The third kappa shape index (κ3) is 3.60. The van der Waals surface area contributed by atoms with Crippen LogP contribution in [-0.2, 0) is 6.54 Å². The SMILES string of the molecule is CN1CCN(Cc2ccc(C3CCNCC3)cc2)CC1. The van der Waals surface area contributed by atoms with Crippen LogP contribution in [0.15, 0.2) is 24.3 Å². The predicted molar refractivity (Wildman–Crippen MR) is 84.1 cm³/mol. The van der Waals surface area contributed by atoms with E-state index in [9.17, 15) is 0 Å². The monoisotopic (exact) mass is 273 g/mol. The minimum Gasteiger partial charge on any atom is -0.317 e. The van der Waals surface area contributed by atoms with Crippen LogP contribution in [0.5, 0.6) is 0 Å². The molecule has 20 heavy (non-hydrogen) atoms. The smallest absolute Gasteiger partial charge is 0.0234 e. The van der Waals surface area contributed by atoms with Gasteiger partial charge < -0.3 is 10.2 Å². The van der Waals surface area contributed by atoms with Gasteiger partial charge in [-0.15, -0.1) is 0 Å². The molecule has 2 aliphatic rings.